The molecule has 0 amide bonds. The van der Waals surface area contributed by atoms with Gasteiger partial charge in [-0.25, -0.2) is 0 Å². The number of carbonyl (C=O) groups is 1. The molecule has 0 aliphatic heterocycles. The molecule has 8 heteroatoms. The maximum Gasteiger partial charge on any atom is 0.295 e. The fraction of sp³-hybridized carbons (Fsp3) is 0. The van der Waals surface area contributed by atoms with Crippen LogP contribution in [0.5, 0.6) is 0 Å². The maximum absolute atomic E-state index is 12.6. The fourth-order valence-electron chi connectivity index (χ4n) is 3.22. The first-order valence-corrected chi connectivity index (χ1v) is 10.7. The highest BCUT2D eigenvalue weighted by Gasteiger charge is 2.18. The van der Waals surface area contributed by atoms with E-state index < -0.39 is 10.1 Å². The Morgan fingerprint density at radius 3 is 2.13 bits per heavy atom. The Balaban J connectivity index is 1.74. The summed E-state index contributed by atoms with van der Waals surface area (Å²) in [5.41, 5.74) is 7.86. The van der Waals surface area contributed by atoms with Crippen molar-refractivity contribution < 1.29 is 17.8 Å². The number of ketones is 1. The Morgan fingerprint density at radius 2 is 1.42 bits per heavy atom. The van der Waals surface area contributed by atoms with Crippen LogP contribution in [0.4, 0.5) is 17.1 Å². The van der Waals surface area contributed by atoms with Gasteiger partial charge in [-0.15, -0.1) is 5.11 Å². The van der Waals surface area contributed by atoms with E-state index in [4.69, 9.17) is 5.73 Å². The maximum atomic E-state index is 12.6. The lowest BCUT2D eigenvalue weighted by Gasteiger charge is -2.09. The lowest BCUT2D eigenvalue weighted by molar-refractivity contribution is 0.103. The highest BCUT2D eigenvalue weighted by Crippen LogP contribution is 2.36. The summed E-state index contributed by atoms with van der Waals surface area (Å²) in [6, 6.07) is 23.2. The number of hydrogen-bond donors (Lipinski definition) is 2. The first kappa shape index (κ1) is 20.4. The van der Waals surface area contributed by atoms with E-state index in [2.05, 4.69) is 10.2 Å². The van der Waals surface area contributed by atoms with Crippen LogP contribution in [0.15, 0.2) is 100 Å². The van der Waals surface area contributed by atoms with Gasteiger partial charge >= 0.3 is 0 Å². The summed E-state index contributed by atoms with van der Waals surface area (Å²) in [6.45, 7) is 0. The van der Waals surface area contributed by atoms with Crippen LogP contribution in [0, 0.1) is 0 Å². The summed E-state index contributed by atoms with van der Waals surface area (Å²) in [5.74, 6) is -0.156. The monoisotopic (exact) mass is 431 g/mol. The van der Waals surface area contributed by atoms with Crippen molar-refractivity contribution in [3.05, 3.63) is 96.1 Å². The third-order valence-electron chi connectivity index (χ3n) is 4.72. The Bertz CT molecular complexity index is 1430. The van der Waals surface area contributed by atoms with Crippen LogP contribution in [-0.4, -0.2) is 18.8 Å². The third-order valence-corrected chi connectivity index (χ3v) is 5.62. The fourth-order valence-corrected chi connectivity index (χ4v) is 3.94. The zero-order valence-electron chi connectivity index (χ0n) is 16.1. The number of carbonyl (C=O) groups excluding carboxylic acids is 1. The Kier molecular flexibility index (Phi) is 5.33. The molecule has 0 saturated heterocycles. The quantitative estimate of drug-likeness (QED) is 0.192. The number of anilines is 1. The number of rotatable bonds is 5. The lowest BCUT2D eigenvalue weighted by atomic mass is 10.0. The molecular formula is C23H17N3O4S. The number of fused-ring (bicyclic) bond motifs is 1. The van der Waals surface area contributed by atoms with E-state index in [1.807, 2.05) is 6.07 Å². The van der Waals surface area contributed by atoms with Crippen LogP contribution in [0.2, 0.25) is 0 Å². The minimum absolute atomic E-state index is 0.0890. The van der Waals surface area contributed by atoms with Crippen molar-refractivity contribution in [2.24, 2.45) is 10.2 Å². The van der Waals surface area contributed by atoms with Gasteiger partial charge in [-0.05, 0) is 18.2 Å². The van der Waals surface area contributed by atoms with Crippen LogP contribution in [0.1, 0.15) is 15.9 Å². The second-order valence-electron chi connectivity index (χ2n) is 6.77. The number of azo groups is 1. The second-order valence-corrected chi connectivity index (χ2v) is 8.16. The van der Waals surface area contributed by atoms with E-state index in [-0.39, 0.29) is 27.4 Å². The number of benzene rings is 4. The molecule has 0 radical (unpaired) electrons. The SMILES string of the molecule is Nc1c(N=Nc2cccc(C(=O)c3ccccc3)c2)cc(S(=O)(=O)O)c2ccccc12. The first-order chi connectivity index (χ1) is 14.8. The Morgan fingerprint density at radius 1 is 0.774 bits per heavy atom. The van der Waals surface area contributed by atoms with Crippen LogP contribution < -0.4 is 5.73 Å². The van der Waals surface area contributed by atoms with Crippen LogP contribution >= 0.6 is 0 Å². The zero-order chi connectivity index (χ0) is 22.0. The van der Waals surface area contributed by atoms with Gasteiger partial charge in [-0.1, -0.05) is 66.7 Å². The molecule has 0 spiro atoms. The summed E-state index contributed by atoms with van der Waals surface area (Å²) in [6.07, 6.45) is 0. The molecule has 0 aliphatic rings. The van der Waals surface area contributed by atoms with Gasteiger partial charge in [0.2, 0.25) is 0 Å². The van der Waals surface area contributed by atoms with Crippen molar-refractivity contribution in [3.63, 3.8) is 0 Å². The standard InChI is InChI=1S/C23H17N3O4S/c24-22-19-12-5-4-11-18(19)21(31(28,29)30)14-20(22)26-25-17-10-6-9-16(13-17)23(27)15-7-2-1-3-8-15/h1-14H,24H2,(H,28,29,30). The van der Waals surface area contributed by atoms with Crippen molar-refractivity contribution in [2.45, 2.75) is 4.90 Å². The highest BCUT2D eigenvalue weighted by molar-refractivity contribution is 7.86. The topological polar surface area (TPSA) is 122 Å². The molecule has 31 heavy (non-hydrogen) atoms. The van der Waals surface area contributed by atoms with Gasteiger partial charge in [0.25, 0.3) is 10.1 Å². The zero-order valence-corrected chi connectivity index (χ0v) is 17.0. The third kappa shape index (κ3) is 4.20. The van der Waals surface area contributed by atoms with Gasteiger partial charge in [0.05, 0.1) is 11.4 Å². The van der Waals surface area contributed by atoms with Crippen molar-refractivity contribution in [1.29, 1.82) is 0 Å². The normalized spacial score (nSPS) is 11.8. The number of nitrogens with two attached hydrogens (primary N) is 1. The van der Waals surface area contributed by atoms with Gasteiger partial charge in [-0.2, -0.15) is 13.5 Å². The molecule has 0 unspecified atom stereocenters. The van der Waals surface area contributed by atoms with Gasteiger partial charge in [0, 0.05) is 21.9 Å². The molecule has 0 fully saturated rings. The molecule has 3 N–H and O–H groups in total. The molecule has 0 aliphatic carbocycles. The molecule has 0 saturated carbocycles. The number of nitrogen functional groups attached to an aromatic ring is 1. The van der Waals surface area contributed by atoms with E-state index >= 15 is 0 Å². The number of nitrogens with zero attached hydrogens (tertiary/aromatic N) is 2. The van der Waals surface area contributed by atoms with E-state index in [1.165, 1.54) is 6.07 Å². The second kappa shape index (κ2) is 8.10. The van der Waals surface area contributed by atoms with E-state index in [1.54, 1.807) is 72.8 Å². The largest absolute Gasteiger partial charge is 0.396 e. The molecule has 4 aromatic carbocycles. The van der Waals surface area contributed by atoms with Crippen LogP contribution in [0.25, 0.3) is 10.8 Å². The molecule has 0 aromatic heterocycles. The summed E-state index contributed by atoms with van der Waals surface area (Å²) in [5, 5.41) is 8.93. The first-order valence-electron chi connectivity index (χ1n) is 9.25. The molecule has 154 valence electrons. The predicted molar refractivity (Wildman–Crippen MR) is 119 cm³/mol. The van der Waals surface area contributed by atoms with Crippen molar-refractivity contribution in [3.8, 4) is 0 Å². The summed E-state index contributed by atoms with van der Waals surface area (Å²) >= 11 is 0. The average molecular weight is 431 g/mol. The average Bonchev–Trinajstić information content (AvgIpc) is 2.78. The van der Waals surface area contributed by atoms with Crippen LogP contribution in [0.3, 0.4) is 0 Å². The Hall–Kier alpha value is -3.88. The molecule has 4 aromatic rings. The van der Waals surface area contributed by atoms with E-state index in [0.717, 1.165) is 0 Å². The summed E-state index contributed by atoms with van der Waals surface area (Å²) in [4.78, 5) is 12.3. The minimum atomic E-state index is -4.50. The molecular weight excluding hydrogens is 414 g/mol. The van der Waals surface area contributed by atoms with Gasteiger partial charge in [0.15, 0.2) is 5.78 Å². The van der Waals surface area contributed by atoms with Gasteiger partial charge in [-0.3, -0.25) is 9.35 Å². The Labute approximate surface area is 178 Å². The predicted octanol–water partition coefficient (Wildman–Crippen LogP) is 5.32. The van der Waals surface area contributed by atoms with E-state index in [0.29, 0.717) is 22.2 Å². The highest BCUT2D eigenvalue weighted by atomic mass is 32.2. The lowest BCUT2D eigenvalue weighted by Crippen LogP contribution is -2.01. The van der Waals surface area contributed by atoms with Crippen molar-refractivity contribution in [2.75, 3.05) is 5.73 Å². The summed E-state index contributed by atoms with van der Waals surface area (Å²) < 4.78 is 33.3. The van der Waals surface area contributed by atoms with Crippen LogP contribution in [-0.2, 0) is 10.1 Å². The van der Waals surface area contributed by atoms with Gasteiger partial charge < -0.3 is 5.73 Å². The summed E-state index contributed by atoms with van der Waals surface area (Å²) in [7, 11) is -4.50. The molecule has 0 heterocycles. The number of hydrogen-bond acceptors (Lipinski definition) is 6. The molecule has 7 nitrogen and oxygen atoms in total. The van der Waals surface area contributed by atoms with E-state index in [9.17, 15) is 17.8 Å². The van der Waals surface area contributed by atoms with Crippen molar-refractivity contribution >= 4 is 43.7 Å². The minimum Gasteiger partial charge on any atom is -0.396 e. The molecule has 0 atom stereocenters. The van der Waals surface area contributed by atoms with Crippen molar-refractivity contribution in [1.82, 2.24) is 0 Å². The smallest absolute Gasteiger partial charge is 0.295 e. The molecule has 4 rings (SSSR count). The van der Waals surface area contributed by atoms with Gasteiger partial charge in [0.1, 0.15) is 10.6 Å². The molecule has 0 bridgehead atoms.